The number of nitrogens with one attached hydrogen (secondary N) is 1. The first-order chi connectivity index (χ1) is 9.29. The van der Waals surface area contributed by atoms with Gasteiger partial charge in [0, 0.05) is 13.1 Å². The quantitative estimate of drug-likeness (QED) is 0.871. The summed E-state index contributed by atoms with van der Waals surface area (Å²) in [5.41, 5.74) is -0.912. The highest BCUT2D eigenvalue weighted by molar-refractivity contribution is 5.92. The molecule has 0 aromatic heterocycles. The van der Waals surface area contributed by atoms with E-state index in [2.05, 4.69) is 5.32 Å². The van der Waals surface area contributed by atoms with Gasteiger partial charge in [0.2, 0.25) is 0 Å². The molecule has 0 aliphatic rings. The lowest BCUT2D eigenvalue weighted by molar-refractivity contribution is -0.146. The highest BCUT2D eigenvalue weighted by Gasteiger charge is 2.28. The van der Waals surface area contributed by atoms with Crippen molar-refractivity contribution in [2.24, 2.45) is 5.41 Å². The number of carbonyl (C=O) groups excluding carboxylic acids is 1. The number of benzene rings is 1. The van der Waals surface area contributed by atoms with Crippen LogP contribution in [0.4, 0.5) is 14.9 Å². The molecular weight excluding hydrogens is 263 g/mol. The number of anilines is 1. The average Bonchev–Trinajstić information content (AvgIpc) is 2.39. The average molecular weight is 282 g/mol. The number of nitrogens with zero attached hydrogens (tertiary/aromatic N) is 1. The van der Waals surface area contributed by atoms with Crippen LogP contribution < -0.4 is 10.2 Å². The van der Waals surface area contributed by atoms with Gasteiger partial charge in [-0.25, -0.2) is 9.18 Å². The van der Waals surface area contributed by atoms with Gasteiger partial charge in [0.05, 0.1) is 11.1 Å². The molecule has 0 aliphatic carbocycles. The number of carboxylic acid groups (broad SMARTS) is 1. The van der Waals surface area contributed by atoms with Gasteiger partial charge in [-0.15, -0.1) is 0 Å². The molecule has 0 radical (unpaired) electrons. The SMILES string of the molecule is CCN(C(=O)NCC(C)(C)C(=O)O)c1ccccc1F. The number of para-hydroxylation sites is 1. The second-order valence-electron chi connectivity index (χ2n) is 5.04. The number of halogens is 1. The molecule has 0 saturated carbocycles. The van der Waals surface area contributed by atoms with Crippen molar-refractivity contribution < 1.29 is 19.1 Å². The predicted molar refractivity (Wildman–Crippen MR) is 74.2 cm³/mol. The molecule has 0 fully saturated rings. The van der Waals surface area contributed by atoms with Crippen LogP contribution in [0.2, 0.25) is 0 Å². The van der Waals surface area contributed by atoms with Crippen molar-refractivity contribution in [3.8, 4) is 0 Å². The Morgan fingerprint density at radius 3 is 2.45 bits per heavy atom. The molecule has 0 heterocycles. The van der Waals surface area contributed by atoms with Gasteiger partial charge in [0.1, 0.15) is 5.82 Å². The van der Waals surface area contributed by atoms with E-state index in [-0.39, 0.29) is 18.8 Å². The highest BCUT2D eigenvalue weighted by Crippen LogP contribution is 2.19. The van der Waals surface area contributed by atoms with Crippen LogP contribution in [0.5, 0.6) is 0 Å². The van der Waals surface area contributed by atoms with Crippen LogP contribution in [-0.4, -0.2) is 30.2 Å². The Kier molecular flexibility index (Phi) is 5.07. The third kappa shape index (κ3) is 3.69. The van der Waals surface area contributed by atoms with Gasteiger partial charge in [-0.05, 0) is 32.9 Å². The van der Waals surface area contributed by atoms with E-state index in [9.17, 15) is 14.0 Å². The first-order valence-corrected chi connectivity index (χ1v) is 6.33. The summed E-state index contributed by atoms with van der Waals surface area (Å²) in [5.74, 6) is -1.51. The second-order valence-corrected chi connectivity index (χ2v) is 5.04. The van der Waals surface area contributed by atoms with Gasteiger partial charge >= 0.3 is 12.0 Å². The van der Waals surface area contributed by atoms with E-state index in [1.807, 2.05) is 0 Å². The van der Waals surface area contributed by atoms with E-state index in [4.69, 9.17) is 5.11 Å². The van der Waals surface area contributed by atoms with Gasteiger partial charge < -0.3 is 10.4 Å². The van der Waals surface area contributed by atoms with Crippen molar-refractivity contribution in [2.45, 2.75) is 20.8 Å². The van der Waals surface area contributed by atoms with E-state index in [1.54, 1.807) is 13.0 Å². The monoisotopic (exact) mass is 282 g/mol. The highest BCUT2D eigenvalue weighted by atomic mass is 19.1. The van der Waals surface area contributed by atoms with E-state index in [1.165, 1.54) is 36.9 Å². The standard InChI is InChI=1S/C14H19FN2O3/c1-4-17(11-8-6-5-7-10(11)15)13(20)16-9-14(2,3)12(18)19/h5-8H,4,9H2,1-3H3,(H,16,20)(H,18,19). The first kappa shape index (κ1) is 15.9. The fourth-order valence-electron chi connectivity index (χ4n) is 1.56. The van der Waals surface area contributed by atoms with Crippen molar-refractivity contribution in [3.05, 3.63) is 30.1 Å². The number of hydrogen-bond donors (Lipinski definition) is 2. The molecule has 0 bridgehead atoms. The molecule has 2 amide bonds. The normalized spacial score (nSPS) is 11.0. The number of rotatable bonds is 5. The lowest BCUT2D eigenvalue weighted by atomic mass is 9.94. The lowest BCUT2D eigenvalue weighted by Crippen LogP contribution is -2.46. The molecule has 0 unspecified atom stereocenters. The van der Waals surface area contributed by atoms with Crippen LogP contribution in [0.1, 0.15) is 20.8 Å². The predicted octanol–water partition coefficient (Wildman–Crippen LogP) is 2.47. The maximum atomic E-state index is 13.7. The number of hydrogen-bond acceptors (Lipinski definition) is 2. The Bertz CT molecular complexity index is 503. The van der Waals surface area contributed by atoms with Crippen LogP contribution >= 0.6 is 0 Å². The molecule has 6 heteroatoms. The molecule has 0 spiro atoms. The third-order valence-electron chi connectivity index (χ3n) is 2.97. The minimum absolute atomic E-state index is 0.0356. The minimum atomic E-state index is -1.08. The summed E-state index contributed by atoms with van der Waals surface area (Å²) < 4.78 is 13.7. The van der Waals surface area contributed by atoms with Crippen molar-refractivity contribution in [1.29, 1.82) is 0 Å². The number of carboxylic acids is 1. The Morgan fingerprint density at radius 1 is 1.35 bits per heavy atom. The Balaban J connectivity index is 2.79. The maximum Gasteiger partial charge on any atom is 0.321 e. The summed E-state index contributed by atoms with van der Waals surface area (Å²) in [6, 6.07) is 5.42. The zero-order chi connectivity index (χ0) is 15.3. The van der Waals surface area contributed by atoms with Crippen LogP contribution in [0, 0.1) is 11.2 Å². The summed E-state index contributed by atoms with van der Waals surface area (Å²) in [6.45, 7) is 4.98. The zero-order valence-electron chi connectivity index (χ0n) is 11.8. The lowest BCUT2D eigenvalue weighted by Gasteiger charge is -2.25. The fraction of sp³-hybridized carbons (Fsp3) is 0.429. The third-order valence-corrected chi connectivity index (χ3v) is 2.97. The van der Waals surface area contributed by atoms with Crippen molar-refractivity contribution in [2.75, 3.05) is 18.0 Å². The summed E-state index contributed by atoms with van der Waals surface area (Å²) >= 11 is 0. The number of amides is 2. The zero-order valence-corrected chi connectivity index (χ0v) is 11.8. The fourth-order valence-corrected chi connectivity index (χ4v) is 1.56. The van der Waals surface area contributed by atoms with Gasteiger partial charge in [0.25, 0.3) is 0 Å². The molecule has 0 atom stereocenters. The number of urea groups is 1. The molecular formula is C14H19FN2O3. The summed E-state index contributed by atoms with van der Waals surface area (Å²) in [7, 11) is 0. The van der Waals surface area contributed by atoms with Gasteiger partial charge in [-0.1, -0.05) is 12.1 Å². The molecule has 0 saturated heterocycles. The number of carbonyl (C=O) groups is 2. The van der Waals surface area contributed by atoms with Crippen LogP contribution in [0.25, 0.3) is 0 Å². The first-order valence-electron chi connectivity index (χ1n) is 6.33. The smallest absolute Gasteiger partial charge is 0.321 e. The molecule has 1 aromatic rings. The Labute approximate surface area is 117 Å². The molecule has 5 nitrogen and oxygen atoms in total. The van der Waals surface area contributed by atoms with Crippen LogP contribution in [0.15, 0.2) is 24.3 Å². The molecule has 1 rings (SSSR count). The van der Waals surface area contributed by atoms with E-state index < -0.39 is 23.2 Å². The molecule has 20 heavy (non-hydrogen) atoms. The Morgan fingerprint density at radius 2 is 1.95 bits per heavy atom. The van der Waals surface area contributed by atoms with Crippen molar-refractivity contribution >= 4 is 17.7 Å². The topological polar surface area (TPSA) is 69.6 Å². The van der Waals surface area contributed by atoms with E-state index in [0.29, 0.717) is 0 Å². The second kappa shape index (κ2) is 6.36. The van der Waals surface area contributed by atoms with E-state index >= 15 is 0 Å². The summed E-state index contributed by atoms with van der Waals surface area (Å²) in [6.07, 6.45) is 0. The summed E-state index contributed by atoms with van der Waals surface area (Å²) in [5, 5.41) is 11.5. The molecule has 0 aliphatic heterocycles. The maximum absolute atomic E-state index is 13.7. The van der Waals surface area contributed by atoms with Crippen molar-refractivity contribution in [3.63, 3.8) is 0 Å². The van der Waals surface area contributed by atoms with Crippen LogP contribution in [0.3, 0.4) is 0 Å². The number of aliphatic carboxylic acids is 1. The van der Waals surface area contributed by atoms with E-state index in [0.717, 1.165) is 0 Å². The molecule has 110 valence electrons. The Hall–Kier alpha value is -2.11. The largest absolute Gasteiger partial charge is 0.481 e. The van der Waals surface area contributed by atoms with Gasteiger partial charge in [-0.3, -0.25) is 9.69 Å². The van der Waals surface area contributed by atoms with Crippen molar-refractivity contribution in [1.82, 2.24) is 5.32 Å². The molecule has 2 N–H and O–H groups in total. The van der Waals surface area contributed by atoms with Gasteiger partial charge in [-0.2, -0.15) is 0 Å². The summed E-state index contributed by atoms with van der Waals surface area (Å²) in [4.78, 5) is 24.3. The van der Waals surface area contributed by atoms with Gasteiger partial charge in [0.15, 0.2) is 0 Å². The van der Waals surface area contributed by atoms with Crippen LogP contribution in [-0.2, 0) is 4.79 Å². The minimum Gasteiger partial charge on any atom is -0.481 e. The molecule has 1 aromatic carbocycles.